The Bertz CT molecular complexity index is 642. The maximum absolute atomic E-state index is 11.8. The monoisotopic (exact) mass is 265 g/mol. The fraction of sp³-hybridized carbons (Fsp3) is 0.0625. The molecule has 0 atom stereocenters. The van der Waals surface area contributed by atoms with Gasteiger partial charge in [0.15, 0.2) is 0 Å². The van der Waals surface area contributed by atoms with E-state index in [0.717, 1.165) is 11.3 Å². The van der Waals surface area contributed by atoms with Crippen molar-refractivity contribution in [3.8, 4) is 11.8 Å². The van der Waals surface area contributed by atoms with Crippen LogP contribution in [0.2, 0.25) is 0 Å². The third-order valence-electron chi connectivity index (χ3n) is 2.49. The predicted molar refractivity (Wildman–Crippen MR) is 81.5 cm³/mol. The Labute approximate surface area is 118 Å². The van der Waals surface area contributed by atoms with E-state index in [9.17, 15) is 4.79 Å². The van der Waals surface area contributed by atoms with E-state index in [1.165, 1.54) is 0 Å². The summed E-state index contributed by atoms with van der Waals surface area (Å²) in [7, 11) is 0. The lowest BCUT2D eigenvalue weighted by molar-refractivity contribution is 0.262. The highest BCUT2D eigenvalue weighted by molar-refractivity contribution is 5.99. The predicted octanol–water partition coefficient (Wildman–Crippen LogP) is 2.64. The summed E-state index contributed by atoms with van der Waals surface area (Å²) in [4.78, 5) is 11.8. The van der Waals surface area contributed by atoms with Gasteiger partial charge in [0.05, 0.1) is 6.54 Å². The number of nitrogens with two attached hydrogens (primary N) is 1. The van der Waals surface area contributed by atoms with Gasteiger partial charge in [-0.05, 0) is 30.3 Å². The molecule has 0 aliphatic rings. The number of amides is 2. The second kappa shape index (κ2) is 6.98. The molecule has 0 aromatic heterocycles. The van der Waals surface area contributed by atoms with Crippen molar-refractivity contribution in [2.75, 3.05) is 17.2 Å². The molecule has 2 aromatic carbocycles. The number of nitrogens with one attached hydrogen (secondary N) is 2. The average Bonchev–Trinajstić information content (AvgIpc) is 2.46. The largest absolute Gasteiger partial charge is 0.323 e. The molecule has 0 spiro atoms. The zero-order valence-electron chi connectivity index (χ0n) is 10.9. The van der Waals surface area contributed by atoms with Gasteiger partial charge in [0.2, 0.25) is 0 Å². The van der Waals surface area contributed by atoms with Gasteiger partial charge in [-0.1, -0.05) is 36.1 Å². The maximum Gasteiger partial charge on any atom is 0.323 e. The molecule has 2 amide bonds. The molecule has 0 radical (unpaired) electrons. The van der Waals surface area contributed by atoms with Gasteiger partial charge in [0, 0.05) is 16.9 Å². The van der Waals surface area contributed by atoms with E-state index in [0.29, 0.717) is 12.2 Å². The highest BCUT2D eigenvalue weighted by atomic mass is 16.2. The molecule has 0 unspecified atom stereocenters. The van der Waals surface area contributed by atoms with Gasteiger partial charge in [-0.3, -0.25) is 0 Å². The molecule has 4 nitrogen and oxygen atoms in total. The summed E-state index contributed by atoms with van der Waals surface area (Å²) in [5.74, 6) is 5.70. The summed E-state index contributed by atoms with van der Waals surface area (Å²) in [5.41, 5.74) is 7.56. The molecule has 4 heteroatoms. The third-order valence-corrected chi connectivity index (χ3v) is 2.49. The Morgan fingerprint density at radius 1 is 1.00 bits per heavy atom. The molecule has 100 valence electrons. The van der Waals surface area contributed by atoms with Crippen molar-refractivity contribution in [1.29, 1.82) is 0 Å². The van der Waals surface area contributed by atoms with Crippen LogP contribution in [-0.2, 0) is 0 Å². The summed E-state index contributed by atoms with van der Waals surface area (Å²) in [6.07, 6.45) is 0. The van der Waals surface area contributed by atoms with Crippen LogP contribution < -0.4 is 16.4 Å². The number of para-hydroxylation sites is 1. The second-order valence-electron chi connectivity index (χ2n) is 4.03. The quantitative estimate of drug-likeness (QED) is 0.731. The first-order valence-corrected chi connectivity index (χ1v) is 6.20. The lowest BCUT2D eigenvalue weighted by Gasteiger charge is -2.07. The van der Waals surface area contributed by atoms with Gasteiger partial charge < -0.3 is 16.4 Å². The number of hydrogen-bond acceptors (Lipinski definition) is 2. The SMILES string of the molecule is NCC#Cc1cccc(NC(=O)Nc2ccccc2)c1. The van der Waals surface area contributed by atoms with Crippen molar-refractivity contribution in [2.45, 2.75) is 0 Å². The maximum atomic E-state index is 11.8. The minimum Gasteiger partial charge on any atom is -0.320 e. The van der Waals surface area contributed by atoms with Crippen LogP contribution in [0, 0.1) is 11.8 Å². The van der Waals surface area contributed by atoms with Crippen LogP contribution in [0.25, 0.3) is 0 Å². The number of carbonyl (C=O) groups is 1. The Hall–Kier alpha value is -2.77. The Kier molecular flexibility index (Phi) is 4.76. The number of anilines is 2. The normalized spacial score (nSPS) is 9.25. The number of rotatable bonds is 2. The summed E-state index contributed by atoms with van der Waals surface area (Å²) in [6, 6.07) is 16.3. The third kappa shape index (κ3) is 4.16. The van der Waals surface area contributed by atoms with E-state index in [1.807, 2.05) is 42.5 Å². The smallest absolute Gasteiger partial charge is 0.320 e. The molecule has 0 saturated heterocycles. The van der Waals surface area contributed by atoms with Crippen molar-refractivity contribution in [3.05, 3.63) is 60.2 Å². The first-order chi connectivity index (χ1) is 9.78. The Morgan fingerprint density at radius 3 is 2.45 bits per heavy atom. The van der Waals surface area contributed by atoms with Crippen LogP contribution in [0.1, 0.15) is 5.56 Å². The second-order valence-corrected chi connectivity index (χ2v) is 4.03. The van der Waals surface area contributed by atoms with Gasteiger partial charge in [-0.15, -0.1) is 0 Å². The lowest BCUT2D eigenvalue weighted by Crippen LogP contribution is -2.19. The fourth-order valence-corrected chi connectivity index (χ4v) is 1.64. The molecule has 0 saturated carbocycles. The summed E-state index contributed by atoms with van der Waals surface area (Å²) < 4.78 is 0. The van der Waals surface area contributed by atoms with Crippen molar-refractivity contribution >= 4 is 17.4 Å². The summed E-state index contributed by atoms with van der Waals surface area (Å²) in [6.45, 7) is 0.312. The topological polar surface area (TPSA) is 67.1 Å². The van der Waals surface area contributed by atoms with Crippen LogP contribution in [-0.4, -0.2) is 12.6 Å². The lowest BCUT2D eigenvalue weighted by atomic mass is 10.2. The zero-order valence-corrected chi connectivity index (χ0v) is 10.9. The minimum atomic E-state index is -0.292. The van der Waals surface area contributed by atoms with Crippen molar-refractivity contribution in [2.24, 2.45) is 5.73 Å². The summed E-state index contributed by atoms with van der Waals surface area (Å²) in [5, 5.41) is 5.51. The van der Waals surface area contributed by atoms with Crippen molar-refractivity contribution in [3.63, 3.8) is 0 Å². The van der Waals surface area contributed by atoms with Crippen molar-refractivity contribution < 1.29 is 4.79 Å². The van der Waals surface area contributed by atoms with Crippen molar-refractivity contribution in [1.82, 2.24) is 0 Å². The van der Waals surface area contributed by atoms with E-state index in [-0.39, 0.29) is 6.03 Å². The van der Waals surface area contributed by atoms with E-state index >= 15 is 0 Å². The molecule has 20 heavy (non-hydrogen) atoms. The van der Waals surface area contributed by atoms with Crippen LogP contribution >= 0.6 is 0 Å². The molecule has 2 aromatic rings. The van der Waals surface area contributed by atoms with E-state index in [2.05, 4.69) is 22.5 Å². The number of hydrogen-bond donors (Lipinski definition) is 3. The molecule has 2 rings (SSSR count). The molecule has 0 aliphatic heterocycles. The number of urea groups is 1. The highest BCUT2D eigenvalue weighted by Gasteiger charge is 2.02. The fourth-order valence-electron chi connectivity index (χ4n) is 1.64. The molecular formula is C16H15N3O. The average molecular weight is 265 g/mol. The van der Waals surface area contributed by atoms with E-state index in [1.54, 1.807) is 12.1 Å². The van der Waals surface area contributed by atoms with Gasteiger partial charge in [-0.2, -0.15) is 0 Å². The number of benzene rings is 2. The molecular weight excluding hydrogens is 250 g/mol. The van der Waals surface area contributed by atoms with E-state index in [4.69, 9.17) is 5.73 Å². The van der Waals surface area contributed by atoms with Crippen LogP contribution in [0.15, 0.2) is 54.6 Å². The van der Waals surface area contributed by atoms with Crippen LogP contribution in [0.5, 0.6) is 0 Å². The molecule has 0 aliphatic carbocycles. The van der Waals surface area contributed by atoms with Gasteiger partial charge in [0.1, 0.15) is 0 Å². The number of carbonyl (C=O) groups excluding carboxylic acids is 1. The van der Waals surface area contributed by atoms with E-state index < -0.39 is 0 Å². The molecule has 0 fully saturated rings. The molecule has 0 heterocycles. The van der Waals surface area contributed by atoms with Crippen LogP contribution in [0.4, 0.5) is 16.2 Å². The Morgan fingerprint density at radius 2 is 1.70 bits per heavy atom. The highest BCUT2D eigenvalue weighted by Crippen LogP contribution is 2.11. The van der Waals surface area contributed by atoms with Crippen LogP contribution in [0.3, 0.4) is 0 Å². The minimum absolute atomic E-state index is 0.292. The standard InChI is InChI=1S/C16H15N3O/c17-11-5-7-13-6-4-10-15(12-13)19-16(20)18-14-8-2-1-3-9-14/h1-4,6,8-10,12H,11,17H2,(H2,18,19,20). The Balaban J connectivity index is 2.01. The van der Waals surface area contributed by atoms with Gasteiger partial charge in [0.25, 0.3) is 0 Å². The first-order valence-electron chi connectivity index (χ1n) is 6.20. The first kappa shape index (κ1) is 13.7. The molecule has 4 N–H and O–H groups in total. The summed E-state index contributed by atoms with van der Waals surface area (Å²) >= 11 is 0. The molecule has 0 bridgehead atoms. The van der Waals surface area contributed by atoms with Gasteiger partial charge >= 0.3 is 6.03 Å². The zero-order chi connectivity index (χ0) is 14.2. The van der Waals surface area contributed by atoms with Gasteiger partial charge in [-0.25, -0.2) is 4.79 Å².